The maximum absolute atomic E-state index is 12.8. The van der Waals surface area contributed by atoms with Crippen LogP contribution in [0.1, 0.15) is 129 Å². The van der Waals surface area contributed by atoms with Crippen molar-refractivity contribution in [1.82, 2.24) is 0 Å². The maximum Gasteiger partial charge on any atom is 0.306 e. The van der Waals surface area contributed by atoms with Gasteiger partial charge in [0.25, 0.3) is 0 Å². The molecule has 0 aliphatic carbocycles. The molecule has 15 heteroatoms. The number of aliphatic hydroxyl groups is 7. The molecule has 11 atom stereocenters. The molecule has 52 heavy (non-hydrogen) atoms. The van der Waals surface area contributed by atoms with E-state index in [0.29, 0.717) is 12.8 Å². The minimum absolute atomic E-state index is 0.170. The minimum Gasteiger partial charge on any atom is -0.462 e. The summed E-state index contributed by atoms with van der Waals surface area (Å²) in [5.74, 6) is -0.938. The fraction of sp³-hybridized carbons (Fsp3) is 0.946. The summed E-state index contributed by atoms with van der Waals surface area (Å²) in [5.41, 5.74) is 0. The van der Waals surface area contributed by atoms with E-state index in [-0.39, 0.29) is 26.1 Å². The van der Waals surface area contributed by atoms with Gasteiger partial charge < -0.3 is 64.2 Å². The first-order valence-electron chi connectivity index (χ1n) is 19.6. The molecular weight excluding hydrogens is 684 g/mol. The number of rotatable bonds is 28. The van der Waals surface area contributed by atoms with Gasteiger partial charge >= 0.3 is 11.9 Å². The van der Waals surface area contributed by atoms with Crippen molar-refractivity contribution in [3.05, 3.63) is 0 Å². The molecule has 7 N–H and O–H groups in total. The van der Waals surface area contributed by atoms with Crippen LogP contribution in [0.15, 0.2) is 0 Å². The van der Waals surface area contributed by atoms with Crippen LogP contribution in [0.25, 0.3) is 0 Å². The number of hydrogen-bond acceptors (Lipinski definition) is 15. The van der Waals surface area contributed by atoms with Crippen LogP contribution >= 0.6 is 0 Å². The van der Waals surface area contributed by atoms with Crippen molar-refractivity contribution < 1.29 is 73.8 Å². The second-order valence-corrected chi connectivity index (χ2v) is 14.1. The zero-order chi connectivity index (χ0) is 38.3. The van der Waals surface area contributed by atoms with Gasteiger partial charge in [0.1, 0.15) is 55.4 Å². The van der Waals surface area contributed by atoms with E-state index in [1.54, 1.807) is 0 Å². The summed E-state index contributed by atoms with van der Waals surface area (Å²) in [4.78, 5) is 25.2. The number of aliphatic hydroxyl groups excluding tert-OH is 7. The summed E-state index contributed by atoms with van der Waals surface area (Å²) in [7, 11) is 0. The summed E-state index contributed by atoms with van der Waals surface area (Å²) in [6, 6.07) is 0. The SMILES string of the molecule is CCCCCCCCCCCCCC(=O)O[C@H](COC(=O)CCCCCCC)CO[C@@H]1O[C@H](CO[C@H]2O[C@H](CO)[C@H](O)[C@H](O)[C@H]2O)[C@H](O)[C@H](O)[C@H]1O. The molecule has 0 aromatic rings. The van der Waals surface area contributed by atoms with Crippen LogP contribution in [-0.2, 0) is 38.0 Å². The molecule has 2 aliphatic heterocycles. The lowest BCUT2D eigenvalue weighted by atomic mass is 9.98. The van der Waals surface area contributed by atoms with E-state index in [0.717, 1.165) is 44.9 Å². The van der Waals surface area contributed by atoms with Crippen LogP contribution in [0, 0.1) is 0 Å². The summed E-state index contributed by atoms with van der Waals surface area (Å²) in [6.45, 7) is 2.44. The number of esters is 2. The fourth-order valence-electron chi connectivity index (χ4n) is 6.21. The maximum atomic E-state index is 12.8. The van der Waals surface area contributed by atoms with Gasteiger partial charge in [-0.25, -0.2) is 0 Å². The van der Waals surface area contributed by atoms with E-state index in [4.69, 9.17) is 28.4 Å². The van der Waals surface area contributed by atoms with Crippen LogP contribution in [0.3, 0.4) is 0 Å². The van der Waals surface area contributed by atoms with E-state index < -0.39 is 92.7 Å². The first-order valence-corrected chi connectivity index (χ1v) is 19.6. The van der Waals surface area contributed by atoms with E-state index in [9.17, 15) is 45.3 Å². The second-order valence-electron chi connectivity index (χ2n) is 14.1. The molecule has 0 aromatic carbocycles. The zero-order valence-corrected chi connectivity index (χ0v) is 31.3. The molecule has 0 spiro atoms. The van der Waals surface area contributed by atoms with Crippen molar-refractivity contribution >= 4 is 11.9 Å². The van der Waals surface area contributed by atoms with Gasteiger partial charge in [-0.1, -0.05) is 104 Å². The largest absolute Gasteiger partial charge is 0.462 e. The van der Waals surface area contributed by atoms with E-state index in [2.05, 4.69) is 13.8 Å². The van der Waals surface area contributed by atoms with Crippen LogP contribution in [-0.4, -0.2) is 142 Å². The van der Waals surface area contributed by atoms with Gasteiger partial charge in [0.05, 0.1) is 19.8 Å². The van der Waals surface area contributed by atoms with Crippen molar-refractivity contribution in [2.24, 2.45) is 0 Å². The molecule has 2 fully saturated rings. The van der Waals surface area contributed by atoms with Crippen LogP contribution < -0.4 is 0 Å². The predicted molar refractivity (Wildman–Crippen MR) is 188 cm³/mol. The topological polar surface area (TPSA) is 231 Å². The Kier molecular flexibility index (Phi) is 24.3. The van der Waals surface area contributed by atoms with E-state index in [1.165, 1.54) is 44.9 Å². The average molecular weight is 753 g/mol. The van der Waals surface area contributed by atoms with Crippen molar-refractivity contribution in [3.63, 3.8) is 0 Å². The predicted octanol–water partition coefficient (Wildman–Crippen LogP) is 2.14. The van der Waals surface area contributed by atoms with Crippen LogP contribution in [0.2, 0.25) is 0 Å². The van der Waals surface area contributed by atoms with Crippen LogP contribution in [0.4, 0.5) is 0 Å². The smallest absolute Gasteiger partial charge is 0.306 e. The summed E-state index contributed by atoms with van der Waals surface area (Å²) in [6.07, 6.45) is 0.790. The Morgan fingerprint density at radius 2 is 0.981 bits per heavy atom. The molecule has 0 aromatic heterocycles. The number of carbonyl (C=O) groups is 2. The van der Waals surface area contributed by atoms with Gasteiger partial charge in [-0.3, -0.25) is 9.59 Å². The average Bonchev–Trinajstić information content (AvgIpc) is 3.13. The highest BCUT2D eigenvalue weighted by atomic mass is 16.7. The lowest BCUT2D eigenvalue weighted by Crippen LogP contribution is -2.61. The van der Waals surface area contributed by atoms with Gasteiger partial charge in [-0.2, -0.15) is 0 Å². The van der Waals surface area contributed by atoms with Gasteiger partial charge in [0.15, 0.2) is 18.7 Å². The number of ether oxygens (including phenoxy) is 6. The normalized spacial score (nSPS) is 29.9. The molecule has 0 saturated carbocycles. The Bertz CT molecular complexity index is 939. The molecular formula is C37H68O15. The Morgan fingerprint density at radius 1 is 0.538 bits per heavy atom. The molecule has 2 rings (SSSR count). The highest BCUT2D eigenvalue weighted by Crippen LogP contribution is 2.26. The van der Waals surface area contributed by atoms with Crippen molar-refractivity contribution in [2.45, 2.75) is 197 Å². The molecule has 2 saturated heterocycles. The molecule has 0 bridgehead atoms. The van der Waals surface area contributed by atoms with Gasteiger partial charge in [0, 0.05) is 12.8 Å². The van der Waals surface area contributed by atoms with Crippen LogP contribution in [0.5, 0.6) is 0 Å². The van der Waals surface area contributed by atoms with Crippen molar-refractivity contribution in [3.8, 4) is 0 Å². The summed E-state index contributed by atoms with van der Waals surface area (Å²) >= 11 is 0. The van der Waals surface area contributed by atoms with Gasteiger partial charge in [-0.15, -0.1) is 0 Å². The molecule has 2 aliphatic rings. The third kappa shape index (κ3) is 17.3. The Balaban J connectivity index is 1.90. The van der Waals surface area contributed by atoms with E-state index in [1.807, 2.05) is 0 Å². The van der Waals surface area contributed by atoms with Gasteiger partial charge in [0.2, 0.25) is 0 Å². The lowest BCUT2D eigenvalue weighted by Gasteiger charge is -2.42. The van der Waals surface area contributed by atoms with Crippen molar-refractivity contribution in [1.29, 1.82) is 0 Å². The summed E-state index contributed by atoms with van der Waals surface area (Å²) in [5, 5.41) is 71.4. The molecule has 0 amide bonds. The molecule has 306 valence electrons. The third-order valence-corrected chi connectivity index (χ3v) is 9.59. The Labute approximate surface area is 308 Å². The van der Waals surface area contributed by atoms with E-state index >= 15 is 0 Å². The van der Waals surface area contributed by atoms with Gasteiger partial charge in [-0.05, 0) is 12.8 Å². The Morgan fingerprint density at radius 3 is 1.50 bits per heavy atom. The first-order chi connectivity index (χ1) is 25.0. The first kappa shape index (κ1) is 46.7. The standard InChI is InChI=1S/C37H68O15/c1-3-5-7-9-10-11-12-13-14-16-18-20-29(40)50-25(22-47-28(39)19-17-15-8-6-4-2)23-48-36-35(46)33(44)31(42)27(52-36)24-49-37-34(45)32(43)30(41)26(21-38)51-37/h25-27,30-38,41-46H,3-24H2,1-2H3/t25-,26-,27-,30+,31+,32+,33+,34-,35-,36-,37+/m1/s1. The highest BCUT2D eigenvalue weighted by molar-refractivity contribution is 5.70. The lowest BCUT2D eigenvalue weighted by molar-refractivity contribution is -0.332. The molecule has 15 nitrogen and oxygen atoms in total. The Hall–Kier alpha value is -1.50. The quantitative estimate of drug-likeness (QED) is 0.0449. The highest BCUT2D eigenvalue weighted by Gasteiger charge is 2.47. The second kappa shape index (κ2) is 27.1. The monoisotopic (exact) mass is 752 g/mol. The summed E-state index contributed by atoms with van der Waals surface area (Å²) < 4.78 is 33.1. The molecule has 0 unspecified atom stereocenters. The zero-order valence-electron chi connectivity index (χ0n) is 31.3. The minimum atomic E-state index is -1.75. The molecule has 2 heterocycles. The molecule has 0 radical (unpaired) electrons. The number of hydrogen-bond donors (Lipinski definition) is 7. The number of unbranched alkanes of at least 4 members (excludes halogenated alkanes) is 14. The fourth-order valence-corrected chi connectivity index (χ4v) is 6.21. The number of carbonyl (C=O) groups excluding carboxylic acids is 2. The van der Waals surface area contributed by atoms with Crippen molar-refractivity contribution in [2.75, 3.05) is 26.4 Å². The third-order valence-electron chi connectivity index (χ3n) is 9.59.